The number of sulfone groups is 1. The molecule has 2 aliphatic rings. The summed E-state index contributed by atoms with van der Waals surface area (Å²) in [6, 6.07) is 3.49. The monoisotopic (exact) mass is 338 g/mol. The van der Waals surface area contributed by atoms with Crippen molar-refractivity contribution >= 4 is 15.7 Å². The van der Waals surface area contributed by atoms with Gasteiger partial charge in [0.05, 0.1) is 12.4 Å². The average molecular weight is 338 g/mol. The number of aromatic nitrogens is 1. The van der Waals surface area contributed by atoms with Crippen LogP contribution in [0.25, 0.3) is 0 Å². The van der Waals surface area contributed by atoms with Crippen molar-refractivity contribution in [2.75, 3.05) is 32.6 Å². The highest BCUT2D eigenvalue weighted by Gasteiger charge is 2.62. The van der Waals surface area contributed by atoms with E-state index >= 15 is 0 Å². The van der Waals surface area contributed by atoms with Gasteiger partial charge in [-0.25, -0.2) is 8.42 Å². The summed E-state index contributed by atoms with van der Waals surface area (Å²) in [5.74, 6) is 0.0428. The Kier molecular flexibility index (Phi) is 3.96. The minimum absolute atomic E-state index is 0.0255. The summed E-state index contributed by atoms with van der Waals surface area (Å²) >= 11 is 0. The summed E-state index contributed by atoms with van der Waals surface area (Å²) < 4.78 is 29.3. The van der Waals surface area contributed by atoms with Gasteiger partial charge >= 0.3 is 0 Å². The van der Waals surface area contributed by atoms with E-state index in [1.54, 1.807) is 24.1 Å². The number of carbonyl (C=O) groups excluding carboxylic acids is 1. The average Bonchev–Trinajstić information content (AvgIpc) is 2.67. The first kappa shape index (κ1) is 16.4. The number of methoxy groups -OCH3 is 1. The molecule has 0 bridgehead atoms. The molecule has 7 heteroatoms. The lowest BCUT2D eigenvalue weighted by Gasteiger charge is -2.49. The summed E-state index contributed by atoms with van der Waals surface area (Å²) in [7, 11) is -1.59. The molecular weight excluding hydrogens is 316 g/mol. The Bertz CT molecular complexity index is 718. The van der Waals surface area contributed by atoms with Crippen LogP contribution in [0.5, 0.6) is 0 Å². The smallest absolute Gasteiger partial charge is 0.254 e. The van der Waals surface area contributed by atoms with Gasteiger partial charge in [-0.15, -0.1) is 0 Å². The second-order valence-corrected chi connectivity index (χ2v) is 9.08. The van der Waals surface area contributed by atoms with E-state index in [2.05, 4.69) is 4.98 Å². The molecule has 1 aromatic rings. The van der Waals surface area contributed by atoms with Gasteiger partial charge in [0.15, 0.2) is 9.84 Å². The Morgan fingerprint density at radius 2 is 1.96 bits per heavy atom. The molecule has 3 heterocycles. The van der Waals surface area contributed by atoms with Gasteiger partial charge in [-0.2, -0.15) is 0 Å². The Labute approximate surface area is 136 Å². The third-order valence-corrected chi connectivity index (χ3v) is 7.60. The number of hydrogen-bond donors (Lipinski definition) is 0. The minimum Gasteiger partial charge on any atom is -0.384 e. The van der Waals surface area contributed by atoms with Crippen LogP contribution in [-0.2, 0) is 14.6 Å². The largest absolute Gasteiger partial charge is 0.384 e. The molecule has 6 nitrogen and oxygen atoms in total. The van der Waals surface area contributed by atoms with E-state index in [1.807, 2.05) is 13.8 Å². The van der Waals surface area contributed by atoms with Crippen molar-refractivity contribution in [3.8, 4) is 0 Å². The van der Waals surface area contributed by atoms with E-state index < -0.39 is 14.6 Å². The first-order chi connectivity index (χ1) is 10.8. The maximum Gasteiger partial charge on any atom is 0.254 e. The van der Waals surface area contributed by atoms with Gasteiger partial charge < -0.3 is 9.64 Å². The van der Waals surface area contributed by atoms with E-state index in [9.17, 15) is 13.2 Å². The number of pyridine rings is 1. The van der Waals surface area contributed by atoms with Crippen LogP contribution in [0.4, 0.5) is 0 Å². The van der Waals surface area contributed by atoms with Gasteiger partial charge in [-0.1, -0.05) is 0 Å². The highest BCUT2D eigenvalue weighted by Crippen LogP contribution is 2.45. The van der Waals surface area contributed by atoms with Gasteiger partial charge in [0, 0.05) is 43.1 Å². The Morgan fingerprint density at radius 3 is 2.52 bits per heavy atom. The fourth-order valence-corrected chi connectivity index (χ4v) is 6.19. The standard InChI is InChI=1S/C16H22N2O4S/c1-11-6-13(7-12(2)17-11)15(19)18-9-16(10-18)14(8-22-3)4-5-23(16,20)21/h6-7,14H,4-5,8-10H2,1-3H3/t14-/m1/s1. The molecule has 0 radical (unpaired) electrons. The van der Waals surface area contributed by atoms with E-state index in [0.29, 0.717) is 18.6 Å². The molecule has 0 aromatic carbocycles. The number of rotatable bonds is 3. The zero-order valence-corrected chi connectivity index (χ0v) is 14.5. The third-order valence-electron chi connectivity index (χ3n) is 5.00. The topological polar surface area (TPSA) is 76.6 Å². The Morgan fingerprint density at radius 1 is 1.35 bits per heavy atom. The molecule has 1 spiro atoms. The number of aryl methyl sites for hydroxylation is 2. The molecular formula is C16H22N2O4S. The maximum atomic E-state index is 12.6. The normalized spacial score (nSPS) is 24.7. The molecule has 2 saturated heterocycles. The van der Waals surface area contributed by atoms with Crippen LogP contribution in [0.1, 0.15) is 28.2 Å². The van der Waals surface area contributed by atoms with Crippen molar-refractivity contribution in [3.63, 3.8) is 0 Å². The third kappa shape index (κ3) is 2.55. The number of amides is 1. The van der Waals surface area contributed by atoms with E-state index in [0.717, 1.165) is 11.4 Å². The predicted molar refractivity (Wildman–Crippen MR) is 86.1 cm³/mol. The molecule has 23 heavy (non-hydrogen) atoms. The van der Waals surface area contributed by atoms with Crippen molar-refractivity contribution in [1.29, 1.82) is 0 Å². The first-order valence-corrected chi connectivity index (χ1v) is 9.40. The quantitative estimate of drug-likeness (QED) is 0.821. The zero-order chi connectivity index (χ0) is 16.8. The van der Waals surface area contributed by atoms with Gasteiger partial charge in [0.2, 0.25) is 0 Å². The summed E-state index contributed by atoms with van der Waals surface area (Å²) in [6.45, 7) is 4.65. The van der Waals surface area contributed by atoms with Gasteiger partial charge in [0.1, 0.15) is 4.75 Å². The number of likely N-dealkylation sites (tertiary alicyclic amines) is 1. The lowest BCUT2D eigenvalue weighted by molar-refractivity contribution is 0.0336. The molecule has 2 fully saturated rings. The van der Waals surface area contributed by atoms with E-state index in [1.165, 1.54) is 0 Å². The van der Waals surface area contributed by atoms with Crippen LogP contribution >= 0.6 is 0 Å². The van der Waals surface area contributed by atoms with Gasteiger partial charge in [0.25, 0.3) is 5.91 Å². The maximum absolute atomic E-state index is 12.6. The van der Waals surface area contributed by atoms with Crippen LogP contribution < -0.4 is 0 Å². The summed E-state index contributed by atoms with van der Waals surface area (Å²) in [4.78, 5) is 18.5. The fraction of sp³-hybridized carbons (Fsp3) is 0.625. The van der Waals surface area contributed by atoms with Crippen molar-refractivity contribution in [3.05, 3.63) is 29.1 Å². The Balaban J connectivity index is 1.80. The summed E-state index contributed by atoms with van der Waals surface area (Å²) in [6.07, 6.45) is 0.617. The van der Waals surface area contributed by atoms with Crippen molar-refractivity contribution < 1.29 is 17.9 Å². The second-order valence-electron chi connectivity index (χ2n) is 6.62. The second kappa shape index (κ2) is 5.56. The van der Waals surface area contributed by atoms with Crippen LogP contribution in [0, 0.1) is 19.8 Å². The molecule has 1 amide bonds. The highest BCUT2D eigenvalue weighted by molar-refractivity contribution is 7.93. The zero-order valence-electron chi connectivity index (χ0n) is 13.7. The first-order valence-electron chi connectivity index (χ1n) is 7.75. The number of hydrogen-bond acceptors (Lipinski definition) is 5. The lowest BCUT2D eigenvalue weighted by atomic mass is 9.83. The van der Waals surface area contributed by atoms with E-state index in [-0.39, 0.29) is 30.7 Å². The molecule has 3 rings (SSSR count). The highest BCUT2D eigenvalue weighted by atomic mass is 32.2. The van der Waals surface area contributed by atoms with Gasteiger partial charge in [-0.05, 0) is 32.4 Å². The molecule has 2 aliphatic heterocycles. The molecule has 1 atom stereocenters. The molecule has 126 valence electrons. The number of carbonyl (C=O) groups is 1. The van der Waals surface area contributed by atoms with E-state index in [4.69, 9.17) is 4.74 Å². The van der Waals surface area contributed by atoms with Crippen LogP contribution in [0.3, 0.4) is 0 Å². The molecule has 0 saturated carbocycles. The molecule has 0 unspecified atom stereocenters. The molecule has 1 aromatic heterocycles. The SMILES string of the molecule is COC[C@H]1CCS(=O)(=O)C12CN(C(=O)c1cc(C)nc(C)c1)C2. The van der Waals surface area contributed by atoms with Crippen LogP contribution in [0.2, 0.25) is 0 Å². The van der Waals surface area contributed by atoms with Crippen molar-refractivity contribution in [2.45, 2.75) is 25.0 Å². The molecule has 0 aliphatic carbocycles. The summed E-state index contributed by atoms with van der Waals surface area (Å²) in [5.41, 5.74) is 2.15. The predicted octanol–water partition coefficient (Wildman–Crippen LogP) is 0.974. The number of nitrogens with zero attached hydrogens (tertiary/aromatic N) is 2. The van der Waals surface area contributed by atoms with Crippen molar-refractivity contribution in [2.24, 2.45) is 5.92 Å². The Hall–Kier alpha value is -1.47. The number of ether oxygens (including phenoxy) is 1. The van der Waals surface area contributed by atoms with Crippen LogP contribution in [-0.4, -0.2) is 61.5 Å². The fourth-order valence-electron chi connectivity index (χ4n) is 3.79. The molecule has 0 N–H and O–H groups in total. The lowest BCUT2D eigenvalue weighted by Crippen LogP contribution is -2.68. The van der Waals surface area contributed by atoms with Crippen LogP contribution in [0.15, 0.2) is 12.1 Å². The van der Waals surface area contributed by atoms with Crippen molar-refractivity contribution in [1.82, 2.24) is 9.88 Å². The van der Waals surface area contributed by atoms with Gasteiger partial charge in [-0.3, -0.25) is 9.78 Å². The summed E-state index contributed by atoms with van der Waals surface area (Å²) in [5, 5.41) is 0. The minimum atomic E-state index is -3.17.